The highest BCUT2D eigenvalue weighted by Crippen LogP contribution is 2.43. The molecule has 2 N–H and O–H groups in total. The van der Waals surface area contributed by atoms with Crippen LogP contribution in [0.4, 0.5) is 10.5 Å². The number of amides is 2. The fourth-order valence-electron chi connectivity index (χ4n) is 3.07. The molecule has 0 radical (unpaired) electrons. The van der Waals surface area contributed by atoms with Crippen molar-refractivity contribution in [1.29, 1.82) is 0 Å². The highest BCUT2D eigenvalue weighted by atomic mass is 16.6. The number of anilines is 1. The Labute approximate surface area is 139 Å². The Balaban J connectivity index is 1.71. The van der Waals surface area contributed by atoms with Gasteiger partial charge in [-0.3, -0.25) is 14.9 Å². The van der Waals surface area contributed by atoms with E-state index in [1.54, 1.807) is 12.1 Å². The highest BCUT2D eigenvalue weighted by Gasteiger charge is 2.54. The van der Waals surface area contributed by atoms with E-state index in [0.717, 1.165) is 11.3 Å². The standard InChI is InChI=1S/C17H20N2O5/c1-16(2,3)23-13(20)9-18-11-4-5-12-10(8-11)6-7-17(12)14(21)19-15(22)24-17/h4-5,8,18H,6-7,9H2,1-3H3,(H,19,21,22). The molecule has 128 valence electrons. The maximum absolute atomic E-state index is 12.1. The van der Waals surface area contributed by atoms with E-state index in [4.69, 9.17) is 9.47 Å². The van der Waals surface area contributed by atoms with E-state index >= 15 is 0 Å². The van der Waals surface area contributed by atoms with Gasteiger partial charge in [-0.2, -0.15) is 0 Å². The van der Waals surface area contributed by atoms with Crippen LogP contribution in [0.25, 0.3) is 0 Å². The van der Waals surface area contributed by atoms with Gasteiger partial charge in [0.1, 0.15) is 12.1 Å². The van der Waals surface area contributed by atoms with Crippen molar-refractivity contribution in [3.05, 3.63) is 29.3 Å². The third-order valence-corrected chi connectivity index (χ3v) is 3.99. The normalized spacial score (nSPS) is 22.1. The van der Waals surface area contributed by atoms with E-state index in [1.165, 1.54) is 0 Å². The molecule has 1 aliphatic carbocycles. The quantitative estimate of drug-likeness (QED) is 0.821. The van der Waals surface area contributed by atoms with Crippen LogP contribution in [0.1, 0.15) is 38.3 Å². The fourth-order valence-corrected chi connectivity index (χ4v) is 3.07. The molecule has 1 atom stereocenters. The largest absolute Gasteiger partial charge is 0.459 e. The van der Waals surface area contributed by atoms with Gasteiger partial charge in [-0.25, -0.2) is 4.79 Å². The van der Waals surface area contributed by atoms with Crippen molar-refractivity contribution in [2.45, 2.75) is 44.8 Å². The van der Waals surface area contributed by atoms with Crippen molar-refractivity contribution in [1.82, 2.24) is 5.32 Å². The summed E-state index contributed by atoms with van der Waals surface area (Å²) in [7, 11) is 0. The predicted octanol–water partition coefficient (Wildman–Crippen LogP) is 1.85. The lowest BCUT2D eigenvalue weighted by Gasteiger charge is -2.20. The number of esters is 1. The Hall–Kier alpha value is -2.57. The summed E-state index contributed by atoms with van der Waals surface area (Å²) in [5.41, 5.74) is 0.655. The molecule has 0 saturated carbocycles. The topological polar surface area (TPSA) is 93.7 Å². The molecule has 2 aliphatic rings. The van der Waals surface area contributed by atoms with E-state index < -0.39 is 23.2 Å². The summed E-state index contributed by atoms with van der Waals surface area (Å²) < 4.78 is 10.5. The number of aryl methyl sites for hydroxylation is 1. The molecule has 0 aromatic heterocycles. The van der Waals surface area contributed by atoms with Crippen LogP contribution >= 0.6 is 0 Å². The molecule has 1 spiro atoms. The van der Waals surface area contributed by atoms with Gasteiger partial charge >= 0.3 is 12.1 Å². The van der Waals surface area contributed by atoms with Crippen LogP contribution in [0.5, 0.6) is 0 Å². The van der Waals surface area contributed by atoms with Gasteiger partial charge in [0, 0.05) is 17.7 Å². The van der Waals surface area contributed by atoms with E-state index in [-0.39, 0.29) is 12.5 Å². The molecule has 1 aliphatic heterocycles. The first kappa shape index (κ1) is 16.3. The highest BCUT2D eigenvalue weighted by molar-refractivity contribution is 6.04. The second kappa shape index (κ2) is 5.51. The SMILES string of the molecule is CC(C)(C)OC(=O)CNc1ccc2c(c1)CCC21OC(=O)NC1=O. The Kier molecular flexibility index (Phi) is 3.74. The van der Waals surface area contributed by atoms with Gasteiger partial charge in [-0.05, 0) is 44.9 Å². The molecule has 1 unspecified atom stereocenters. The molecule has 1 heterocycles. The van der Waals surface area contributed by atoms with Crippen molar-refractivity contribution < 1.29 is 23.9 Å². The molecule has 7 nitrogen and oxygen atoms in total. The Morgan fingerprint density at radius 2 is 2.12 bits per heavy atom. The van der Waals surface area contributed by atoms with Gasteiger partial charge in [0.2, 0.25) is 5.60 Å². The van der Waals surface area contributed by atoms with Crippen molar-refractivity contribution in [2.75, 3.05) is 11.9 Å². The summed E-state index contributed by atoms with van der Waals surface area (Å²) in [6.07, 6.45) is 0.341. The number of nitrogens with one attached hydrogen (secondary N) is 2. The maximum atomic E-state index is 12.1. The molecule has 1 aromatic carbocycles. The van der Waals surface area contributed by atoms with Crippen LogP contribution < -0.4 is 10.6 Å². The van der Waals surface area contributed by atoms with Crippen molar-refractivity contribution >= 4 is 23.7 Å². The number of hydrogen-bond acceptors (Lipinski definition) is 6. The number of imide groups is 1. The Morgan fingerprint density at radius 1 is 1.38 bits per heavy atom. The Morgan fingerprint density at radius 3 is 2.75 bits per heavy atom. The summed E-state index contributed by atoms with van der Waals surface area (Å²) in [6, 6.07) is 5.39. The van der Waals surface area contributed by atoms with E-state index in [1.807, 2.05) is 26.8 Å². The van der Waals surface area contributed by atoms with E-state index in [0.29, 0.717) is 18.4 Å². The van der Waals surface area contributed by atoms with Gasteiger partial charge in [0.05, 0.1) is 0 Å². The summed E-state index contributed by atoms with van der Waals surface area (Å²) in [4.78, 5) is 35.2. The molecule has 1 fully saturated rings. The number of alkyl carbamates (subject to hydrolysis) is 1. The van der Waals surface area contributed by atoms with Crippen LogP contribution in [0.15, 0.2) is 18.2 Å². The molecular weight excluding hydrogens is 312 g/mol. The fraction of sp³-hybridized carbons (Fsp3) is 0.471. The first-order valence-corrected chi connectivity index (χ1v) is 7.83. The van der Waals surface area contributed by atoms with Gasteiger partial charge < -0.3 is 14.8 Å². The van der Waals surface area contributed by atoms with Crippen LogP contribution in [-0.4, -0.2) is 30.1 Å². The van der Waals surface area contributed by atoms with Crippen LogP contribution in [0.3, 0.4) is 0 Å². The smallest absolute Gasteiger partial charge is 0.415 e. The molecule has 1 saturated heterocycles. The van der Waals surface area contributed by atoms with E-state index in [2.05, 4.69) is 10.6 Å². The third-order valence-electron chi connectivity index (χ3n) is 3.99. The average Bonchev–Trinajstić information content (AvgIpc) is 2.96. The Bertz CT molecular complexity index is 722. The summed E-state index contributed by atoms with van der Waals surface area (Å²) in [5, 5.41) is 5.20. The van der Waals surface area contributed by atoms with Crippen LogP contribution in [0.2, 0.25) is 0 Å². The molecule has 3 rings (SSSR count). The molecule has 7 heteroatoms. The zero-order valence-corrected chi connectivity index (χ0v) is 13.9. The molecule has 24 heavy (non-hydrogen) atoms. The summed E-state index contributed by atoms with van der Waals surface area (Å²) in [6.45, 7) is 5.49. The maximum Gasteiger partial charge on any atom is 0.415 e. The van der Waals surface area contributed by atoms with Crippen LogP contribution in [0, 0.1) is 0 Å². The van der Waals surface area contributed by atoms with Gasteiger partial charge in [-0.15, -0.1) is 0 Å². The molecular formula is C17H20N2O5. The lowest BCUT2D eigenvalue weighted by Crippen LogP contribution is -2.34. The number of carbonyl (C=O) groups is 3. The van der Waals surface area contributed by atoms with Crippen molar-refractivity contribution in [2.24, 2.45) is 0 Å². The number of rotatable bonds is 3. The number of hydrogen-bond donors (Lipinski definition) is 2. The number of ether oxygens (including phenoxy) is 2. The first-order chi connectivity index (χ1) is 11.2. The molecule has 2 amide bonds. The molecule has 0 bridgehead atoms. The van der Waals surface area contributed by atoms with Gasteiger partial charge in [-0.1, -0.05) is 6.07 Å². The minimum atomic E-state index is -1.20. The predicted molar refractivity (Wildman–Crippen MR) is 85.4 cm³/mol. The second-order valence-electron chi connectivity index (χ2n) is 6.98. The van der Waals surface area contributed by atoms with Crippen molar-refractivity contribution in [3.8, 4) is 0 Å². The number of benzene rings is 1. The van der Waals surface area contributed by atoms with Gasteiger partial charge in [0.15, 0.2) is 0 Å². The zero-order valence-electron chi connectivity index (χ0n) is 13.9. The third kappa shape index (κ3) is 2.93. The summed E-state index contributed by atoms with van der Waals surface area (Å²) >= 11 is 0. The second-order valence-corrected chi connectivity index (χ2v) is 6.98. The minimum Gasteiger partial charge on any atom is -0.459 e. The minimum absolute atomic E-state index is 0.0523. The van der Waals surface area contributed by atoms with E-state index in [9.17, 15) is 14.4 Å². The van der Waals surface area contributed by atoms with Gasteiger partial charge in [0.25, 0.3) is 5.91 Å². The van der Waals surface area contributed by atoms with Crippen molar-refractivity contribution in [3.63, 3.8) is 0 Å². The lowest BCUT2D eigenvalue weighted by molar-refractivity contribution is -0.152. The lowest BCUT2D eigenvalue weighted by atomic mass is 9.95. The van der Waals surface area contributed by atoms with Crippen LogP contribution in [-0.2, 0) is 31.1 Å². The first-order valence-electron chi connectivity index (χ1n) is 7.83. The zero-order chi connectivity index (χ0) is 17.5. The number of fused-ring (bicyclic) bond motifs is 2. The summed E-state index contributed by atoms with van der Waals surface area (Å²) in [5.74, 6) is -0.760. The average molecular weight is 332 g/mol. The monoisotopic (exact) mass is 332 g/mol. The molecule has 1 aromatic rings. The number of carbonyl (C=O) groups excluding carboxylic acids is 3.